The maximum atomic E-state index is 6.49. The maximum absolute atomic E-state index is 6.49. The predicted octanol–water partition coefficient (Wildman–Crippen LogP) is 5.77. The summed E-state index contributed by atoms with van der Waals surface area (Å²) in [6, 6.07) is 17.4. The minimum atomic E-state index is 0.512. The summed E-state index contributed by atoms with van der Waals surface area (Å²) in [4.78, 5) is 0. The minimum absolute atomic E-state index is 0.512. The number of rotatable bonds is 8. The van der Waals surface area contributed by atoms with Crippen molar-refractivity contribution in [2.45, 2.75) is 6.54 Å². The summed E-state index contributed by atoms with van der Waals surface area (Å²) in [6.45, 7) is 0.549. The summed E-state index contributed by atoms with van der Waals surface area (Å²) in [6.07, 6.45) is 5.33. The molecular weight excluding hydrogens is 478 g/mol. The van der Waals surface area contributed by atoms with Gasteiger partial charge in [-0.2, -0.15) is 15.3 Å². The molecule has 0 amide bonds. The van der Waals surface area contributed by atoms with Gasteiger partial charge in [0.1, 0.15) is 17.2 Å². The average molecular weight is 502 g/mol. The van der Waals surface area contributed by atoms with Gasteiger partial charge in [-0.25, -0.2) is 4.68 Å². The van der Waals surface area contributed by atoms with Crippen molar-refractivity contribution in [2.24, 2.45) is 0 Å². The molecule has 2 heterocycles. The number of aromatic nitrogens is 4. The second kappa shape index (κ2) is 10.1. The first-order chi connectivity index (χ1) is 17.6. The second-order valence-electron chi connectivity index (χ2n) is 7.98. The van der Waals surface area contributed by atoms with Gasteiger partial charge in [-0.15, -0.1) is 0 Å². The lowest BCUT2D eigenvalue weighted by atomic mass is 10.0. The molecule has 0 bridgehead atoms. The first-order valence-corrected chi connectivity index (χ1v) is 11.6. The Morgan fingerprint density at radius 2 is 1.81 bits per heavy atom. The molecule has 0 aliphatic heterocycles. The van der Waals surface area contributed by atoms with E-state index in [1.54, 1.807) is 38.4 Å². The van der Waals surface area contributed by atoms with E-state index in [9.17, 15) is 0 Å². The average Bonchev–Trinajstić information content (AvgIpc) is 3.46. The number of fused-ring (bicyclic) bond motifs is 1. The zero-order valence-electron chi connectivity index (χ0n) is 20.0. The molecule has 0 spiro atoms. The molecule has 0 aliphatic carbocycles. The van der Waals surface area contributed by atoms with Crippen molar-refractivity contribution in [2.75, 3.05) is 26.6 Å². The summed E-state index contributed by atoms with van der Waals surface area (Å²) in [5.74, 6) is 2.07. The molecule has 0 fully saturated rings. The van der Waals surface area contributed by atoms with Gasteiger partial charge < -0.3 is 19.5 Å². The van der Waals surface area contributed by atoms with E-state index in [4.69, 9.17) is 25.8 Å². The highest BCUT2D eigenvalue weighted by Gasteiger charge is 2.15. The molecule has 8 nitrogen and oxygen atoms in total. The maximum Gasteiger partial charge on any atom is 0.139 e. The molecule has 0 atom stereocenters. The molecule has 9 heteroatoms. The lowest BCUT2D eigenvalue weighted by Gasteiger charge is -2.15. The van der Waals surface area contributed by atoms with Crippen molar-refractivity contribution in [3.8, 4) is 34.1 Å². The standard InChI is InChI=1S/C27H24ClN5O3/c1-34-19-7-5-18(26(12-19)35-2)15-29-24-16-30-32-23-11-17(6-8-20(23)24)21-13-22(28)27(36-3)14-25(21)33-10-4-9-31-33/h4-14,16H,15H2,1-3H3,(H,29,32). The van der Waals surface area contributed by atoms with Crippen LogP contribution in [0.15, 0.2) is 73.2 Å². The molecule has 0 radical (unpaired) electrons. The van der Waals surface area contributed by atoms with Crippen LogP contribution < -0.4 is 19.5 Å². The molecule has 0 saturated heterocycles. The molecule has 0 unspecified atom stereocenters. The lowest BCUT2D eigenvalue weighted by Crippen LogP contribution is -2.04. The van der Waals surface area contributed by atoms with Crippen LogP contribution in [0.3, 0.4) is 0 Å². The zero-order chi connectivity index (χ0) is 25.1. The van der Waals surface area contributed by atoms with Crippen molar-refractivity contribution in [1.82, 2.24) is 20.0 Å². The molecular formula is C27H24ClN5O3. The highest BCUT2D eigenvalue weighted by molar-refractivity contribution is 6.32. The van der Waals surface area contributed by atoms with Gasteiger partial charge in [0.05, 0.1) is 49.4 Å². The Hall–Kier alpha value is -4.30. The minimum Gasteiger partial charge on any atom is -0.497 e. The first-order valence-electron chi connectivity index (χ1n) is 11.2. The third-order valence-electron chi connectivity index (χ3n) is 5.94. The normalized spacial score (nSPS) is 10.9. The van der Waals surface area contributed by atoms with E-state index in [1.807, 2.05) is 60.8 Å². The predicted molar refractivity (Wildman–Crippen MR) is 141 cm³/mol. The Kier molecular flexibility index (Phi) is 6.60. The largest absolute Gasteiger partial charge is 0.497 e. The van der Waals surface area contributed by atoms with E-state index in [0.29, 0.717) is 17.3 Å². The third-order valence-corrected chi connectivity index (χ3v) is 6.23. The fourth-order valence-electron chi connectivity index (χ4n) is 4.09. The third kappa shape index (κ3) is 4.50. The van der Waals surface area contributed by atoms with Gasteiger partial charge in [0.25, 0.3) is 0 Å². The Balaban J connectivity index is 1.50. The van der Waals surface area contributed by atoms with Crippen molar-refractivity contribution < 1.29 is 14.2 Å². The van der Waals surface area contributed by atoms with E-state index >= 15 is 0 Å². The fourth-order valence-corrected chi connectivity index (χ4v) is 4.33. The highest BCUT2D eigenvalue weighted by Crippen LogP contribution is 2.37. The lowest BCUT2D eigenvalue weighted by molar-refractivity contribution is 0.391. The summed E-state index contributed by atoms with van der Waals surface area (Å²) >= 11 is 6.49. The van der Waals surface area contributed by atoms with E-state index in [-0.39, 0.29) is 0 Å². The van der Waals surface area contributed by atoms with Gasteiger partial charge in [-0.1, -0.05) is 17.7 Å². The van der Waals surface area contributed by atoms with E-state index in [0.717, 1.165) is 50.5 Å². The summed E-state index contributed by atoms with van der Waals surface area (Å²) in [5.41, 5.74) is 5.28. The van der Waals surface area contributed by atoms with Crippen LogP contribution in [0.5, 0.6) is 17.2 Å². The van der Waals surface area contributed by atoms with Crippen LogP contribution in [-0.4, -0.2) is 41.3 Å². The van der Waals surface area contributed by atoms with Gasteiger partial charge in [-0.3, -0.25) is 0 Å². The molecule has 3 aromatic carbocycles. The molecule has 2 aromatic heterocycles. The molecule has 36 heavy (non-hydrogen) atoms. The topological polar surface area (TPSA) is 83.3 Å². The smallest absolute Gasteiger partial charge is 0.139 e. The monoisotopic (exact) mass is 501 g/mol. The van der Waals surface area contributed by atoms with Crippen molar-refractivity contribution >= 4 is 28.2 Å². The number of methoxy groups -OCH3 is 3. The summed E-state index contributed by atoms with van der Waals surface area (Å²) in [5, 5.41) is 17.9. The number of hydrogen-bond acceptors (Lipinski definition) is 7. The number of anilines is 1. The van der Waals surface area contributed by atoms with Gasteiger partial charge in [0.15, 0.2) is 0 Å². The van der Waals surface area contributed by atoms with Crippen LogP contribution >= 0.6 is 11.6 Å². The van der Waals surface area contributed by atoms with Crippen molar-refractivity contribution in [3.05, 3.63) is 83.8 Å². The molecule has 5 rings (SSSR count). The van der Waals surface area contributed by atoms with Gasteiger partial charge in [0.2, 0.25) is 0 Å². The van der Waals surface area contributed by atoms with Crippen LogP contribution in [0.2, 0.25) is 5.02 Å². The van der Waals surface area contributed by atoms with Gasteiger partial charge in [-0.05, 0) is 42.0 Å². The first kappa shape index (κ1) is 23.4. The number of nitrogens with zero attached hydrogens (tertiary/aromatic N) is 4. The zero-order valence-corrected chi connectivity index (χ0v) is 20.8. The molecule has 0 saturated carbocycles. The van der Waals surface area contributed by atoms with Crippen LogP contribution in [0.4, 0.5) is 5.69 Å². The SMILES string of the molecule is COc1ccc(CNc2cnnc3cc(-c4cc(Cl)c(OC)cc4-n4cccn4)ccc23)c(OC)c1. The quantitative estimate of drug-likeness (QED) is 0.289. The second-order valence-corrected chi connectivity index (χ2v) is 8.38. The van der Waals surface area contributed by atoms with Gasteiger partial charge in [0, 0.05) is 47.6 Å². The molecule has 5 aromatic rings. The Labute approximate surface area is 213 Å². The van der Waals surface area contributed by atoms with Gasteiger partial charge >= 0.3 is 0 Å². The molecule has 182 valence electrons. The van der Waals surface area contributed by atoms with Crippen LogP contribution in [0.25, 0.3) is 27.7 Å². The van der Waals surface area contributed by atoms with Crippen molar-refractivity contribution in [1.29, 1.82) is 0 Å². The Bertz CT molecular complexity index is 1520. The van der Waals surface area contributed by atoms with Crippen molar-refractivity contribution in [3.63, 3.8) is 0 Å². The number of nitrogens with one attached hydrogen (secondary N) is 1. The van der Waals surface area contributed by atoms with Crippen LogP contribution in [0, 0.1) is 0 Å². The summed E-state index contributed by atoms with van der Waals surface area (Å²) < 4.78 is 18.0. The summed E-state index contributed by atoms with van der Waals surface area (Å²) in [7, 11) is 4.87. The number of benzene rings is 3. The molecule has 0 aliphatic rings. The number of ether oxygens (including phenoxy) is 3. The Morgan fingerprint density at radius 1 is 0.944 bits per heavy atom. The van der Waals surface area contributed by atoms with Crippen LogP contribution in [0.1, 0.15) is 5.56 Å². The fraction of sp³-hybridized carbons (Fsp3) is 0.148. The highest BCUT2D eigenvalue weighted by atomic mass is 35.5. The van der Waals surface area contributed by atoms with Crippen LogP contribution in [-0.2, 0) is 6.54 Å². The van der Waals surface area contributed by atoms with E-state index < -0.39 is 0 Å². The number of halogens is 1. The Morgan fingerprint density at radius 3 is 2.56 bits per heavy atom. The number of hydrogen-bond donors (Lipinski definition) is 1. The molecule has 1 N–H and O–H groups in total. The van der Waals surface area contributed by atoms with E-state index in [2.05, 4.69) is 20.6 Å². The van der Waals surface area contributed by atoms with E-state index in [1.165, 1.54) is 0 Å².